The number of nitrogens with zero attached hydrogens (tertiary/aromatic N) is 2. The number of benzene rings is 1. The van der Waals surface area contributed by atoms with Gasteiger partial charge in [0.25, 0.3) is 17.5 Å². The first kappa shape index (κ1) is 14.0. The Morgan fingerprint density at radius 3 is 2.35 bits per heavy atom. The van der Waals surface area contributed by atoms with Crippen molar-refractivity contribution in [2.75, 3.05) is 18.9 Å². The highest BCUT2D eigenvalue weighted by Gasteiger charge is 2.37. The highest BCUT2D eigenvalue weighted by molar-refractivity contribution is 6.22. The monoisotopic (exact) mass is 277 g/mol. The molecule has 0 radical (unpaired) electrons. The smallest absolute Gasteiger partial charge is 0.293 e. The van der Waals surface area contributed by atoms with E-state index < -0.39 is 10.8 Å². The third-order valence-electron chi connectivity index (χ3n) is 3.29. The zero-order valence-corrected chi connectivity index (χ0v) is 11.3. The van der Waals surface area contributed by atoms with Gasteiger partial charge in [-0.1, -0.05) is 13.3 Å². The van der Waals surface area contributed by atoms with Gasteiger partial charge in [0, 0.05) is 19.7 Å². The second-order valence-electron chi connectivity index (χ2n) is 4.54. The van der Waals surface area contributed by atoms with Crippen molar-refractivity contribution < 1.29 is 14.5 Å². The molecule has 106 valence electrons. The second kappa shape index (κ2) is 5.28. The maximum absolute atomic E-state index is 12.2. The highest BCUT2D eigenvalue weighted by Crippen LogP contribution is 2.33. The van der Waals surface area contributed by atoms with Crippen molar-refractivity contribution in [3.8, 4) is 0 Å². The van der Waals surface area contributed by atoms with Gasteiger partial charge in [-0.05, 0) is 12.5 Å². The van der Waals surface area contributed by atoms with E-state index in [1.165, 1.54) is 19.2 Å². The third kappa shape index (κ3) is 2.11. The molecule has 7 nitrogen and oxygen atoms in total. The van der Waals surface area contributed by atoms with Gasteiger partial charge >= 0.3 is 0 Å². The van der Waals surface area contributed by atoms with Crippen LogP contribution >= 0.6 is 0 Å². The number of amides is 2. The summed E-state index contributed by atoms with van der Waals surface area (Å²) in [6, 6.07) is 2.55. The van der Waals surface area contributed by atoms with Crippen LogP contribution < -0.4 is 5.32 Å². The maximum atomic E-state index is 12.2. The Bertz CT molecular complexity index is 598. The van der Waals surface area contributed by atoms with Gasteiger partial charge in [-0.25, -0.2) is 0 Å². The van der Waals surface area contributed by atoms with Crippen LogP contribution in [0, 0.1) is 10.1 Å². The molecule has 2 amide bonds. The number of nitro benzene ring substituents is 1. The molecule has 0 saturated heterocycles. The molecular weight excluding hydrogens is 262 g/mol. The summed E-state index contributed by atoms with van der Waals surface area (Å²) in [5.41, 5.74) is 0.356. The summed E-state index contributed by atoms with van der Waals surface area (Å²) in [6.45, 7) is 2.30. The van der Waals surface area contributed by atoms with Gasteiger partial charge in [0.2, 0.25) is 0 Å². The summed E-state index contributed by atoms with van der Waals surface area (Å²) in [5, 5.41) is 13.7. The summed E-state index contributed by atoms with van der Waals surface area (Å²) < 4.78 is 0. The average Bonchev–Trinajstić information content (AvgIpc) is 2.67. The quantitative estimate of drug-likeness (QED) is 0.505. The number of rotatable bonds is 5. The Labute approximate surface area is 115 Å². The fourth-order valence-corrected chi connectivity index (χ4v) is 2.20. The predicted molar refractivity (Wildman–Crippen MR) is 72.9 cm³/mol. The Balaban J connectivity index is 2.48. The molecule has 0 fully saturated rings. The van der Waals surface area contributed by atoms with Crippen LogP contribution in [0.2, 0.25) is 0 Å². The van der Waals surface area contributed by atoms with E-state index in [9.17, 15) is 19.7 Å². The van der Waals surface area contributed by atoms with Gasteiger partial charge in [0.15, 0.2) is 0 Å². The van der Waals surface area contributed by atoms with E-state index in [1.54, 1.807) is 0 Å². The fraction of sp³-hybridized carbons (Fsp3) is 0.385. The Morgan fingerprint density at radius 2 is 1.85 bits per heavy atom. The molecule has 7 heteroatoms. The lowest BCUT2D eigenvalue weighted by molar-refractivity contribution is -0.384. The predicted octanol–water partition coefficient (Wildman–Crippen LogP) is 2.03. The highest BCUT2D eigenvalue weighted by atomic mass is 16.6. The van der Waals surface area contributed by atoms with Crippen LogP contribution in [0.1, 0.15) is 40.5 Å². The molecule has 0 atom stereocenters. The lowest BCUT2D eigenvalue weighted by Crippen LogP contribution is -2.30. The Kier molecular flexibility index (Phi) is 3.69. The molecule has 2 rings (SSSR count). The summed E-state index contributed by atoms with van der Waals surface area (Å²) in [6.07, 6.45) is 1.57. The van der Waals surface area contributed by atoms with Gasteiger partial charge in [-0.15, -0.1) is 0 Å². The molecule has 0 spiro atoms. The van der Waals surface area contributed by atoms with E-state index in [4.69, 9.17) is 0 Å². The van der Waals surface area contributed by atoms with Crippen LogP contribution in [0.4, 0.5) is 11.4 Å². The average molecular weight is 277 g/mol. The largest absolute Gasteiger partial charge is 0.383 e. The number of anilines is 1. The summed E-state index contributed by atoms with van der Waals surface area (Å²) in [5.74, 6) is -0.839. The zero-order chi connectivity index (χ0) is 14.9. The molecule has 0 unspecified atom stereocenters. The molecule has 1 aromatic rings. The molecule has 0 aliphatic carbocycles. The van der Waals surface area contributed by atoms with Gasteiger partial charge in [-0.3, -0.25) is 24.6 Å². The fourth-order valence-electron chi connectivity index (χ4n) is 2.20. The van der Waals surface area contributed by atoms with Gasteiger partial charge < -0.3 is 5.32 Å². The van der Waals surface area contributed by atoms with Gasteiger partial charge in [0.05, 0.1) is 16.1 Å². The topological polar surface area (TPSA) is 92.6 Å². The number of carbonyl (C=O) groups excluding carboxylic acids is 2. The van der Waals surface area contributed by atoms with Crippen molar-refractivity contribution >= 4 is 23.2 Å². The molecule has 1 N–H and O–H groups in total. The number of nitrogens with one attached hydrogen (secondary N) is 1. The van der Waals surface area contributed by atoms with E-state index in [1.807, 2.05) is 6.92 Å². The van der Waals surface area contributed by atoms with E-state index in [-0.39, 0.29) is 28.4 Å². The first-order chi connectivity index (χ1) is 9.51. The minimum Gasteiger partial charge on any atom is -0.383 e. The number of fused-ring (bicyclic) bond motifs is 1. The van der Waals surface area contributed by atoms with Crippen LogP contribution in [0.3, 0.4) is 0 Å². The summed E-state index contributed by atoms with van der Waals surface area (Å²) in [7, 11) is 1.53. The molecule has 1 aliphatic rings. The number of unbranched alkanes of at least 4 members (excludes halogenated alkanes) is 1. The minimum atomic E-state index is -0.571. The first-order valence-electron chi connectivity index (χ1n) is 6.37. The number of nitro groups is 1. The van der Waals surface area contributed by atoms with Crippen molar-refractivity contribution in [2.45, 2.75) is 19.8 Å². The molecule has 0 saturated carbocycles. The second-order valence-corrected chi connectivity index (χ2v) is 4.54. The van der Waals surface area contributed by atoms with Crippen molar-refractivity contribution in [1.29, 1.82) is 0 Å². The number of imide groups is 1. The molecule has 1 aliphatic heterocycles. The maximum Gasteiger partial charge on any atom is 0.293 e. The van der Waals surface area contributed by atoms with Gasteiger partial charge in [-0.2, -0.15) is 0 Å². The molecule has 0 bridgehead atoms. The normalized spacial score (nSPS) is 13.6. The zero-order valence-electron chi connectivity index (χ0n) is 11.3. The van der Waals surface area contributed by atoms with Gasteiger partial charge in [0.1, 0.15) is 5.69 Å². The Hall–Kier alpha value is -2.44. The van der Waals surface area contributed by atoms with Crippen molar-refractivity contribution in [3.63, 3.8) is 0 Å². The number of carbonyl (C=O) groups is 2. The van der Waals surface area contributed by atoms with Crippen LogP contribution in [0.25, 0.3) is 0 Å². The SMILES string of the molecule is CCCCN1C(=O)c2cc(NC)c([N+](=O)[O-])cc2C1=O. The number of hydrogen-bond donors (Lipinski definition) is 1. The molecule has 0 aromatic heterocycles. The summed E-state index contributed by atoms with van der Waals surface area (Å²) in [4.78, 5) is 35.9. The van der Waals surface area contributed by atoms with Crippen LogP contribution in [-0.2, 0) is 0 Å². The van der Waals surface area contributed by atoms with Crippen LogP contribution in [0.15, 0.2) is 12.1 Å². The lowest BCUT2D eigenvalue weighted by atomic mass is 10.1. The van der Waals surface area contributed by atoms with E-state index >= 15 is 0 Å². The summed E-state index contributed by atoms with van der Waals surface area (Å²) >= 11 is 0. The third-order valence-corrected chi connectivity index (χ3v) is 3.29. The first-order valence-corrected chi connectivity index (χ1v) is 6.37. The van der Waals surface area contributed by atoms with Crippen molar-refractivity contribution in [1.82, 2.24) is 4.90 Å². The van der Waals surface area contributed by atoms with E-state index in [0.29, 0.717) is 13.0 Å². The van der Waals surface area contributed by atoms with Crippen molar-refractivity contribution in [3.05, 3.63) is 33.4 Å². The van der Waals surface area contributed by atoms with E-state index in [2.05, 4.69) is 5.32 Å². The molecule has 1 heterocycles. The molecular formula is C13H15N3O4. The van der Waals surface area contributed by atoms with Crippen LogP contribution in [0.5, 0.6) is 0 Å². The minimum absolute atomic E-state index is 0.108. The van der Waals surface area contributed by atoms with Crippen LogP contribution in [-0.4, -0.2) is 35.2 Å². The molecule has 20 heavy (non-hydrogen) atoms. The number of hydrogen-bond acceptors (Lipinski definition) is 5. The standard InChI is InChI=1S/C13H15N3O4/c1-3-4-5-15-12(17)8-6-10(14-2)11(16(19)20)7-9(8)13(15)18/h6-7,14H,3-5H2,1-2H3. The Morgan fingerprint density at radius 1 is 1.25 bits per heavy atom. The molecule has 1 aromatic carbocycles. The lowest BCUT2D eigenvalue weighted by Gasteiger charge is -2.12. The van der Waals surface area contributed by atoms with Crippen molar-refractivity contribution in [2.24, 2.45) is 0 Å². The van der Waals surface area contributed by atoms with E-state index in [0.717, 1.165) is 11.3 Å².